The number of alkyl halides is 2. The number of aromatic nitrogens is 3. The van der Waals surface area contributed by atoms with Crippen molar-refractivity contribution in [2.24, 2.45) is 5.92 Å². The van der Waals surface area contributed by atoms with Crippen LogP contribution in [-0.2, 0) is 16.1 Å². The minimum atomic E-state index is -2.73. The number of fused-ring (bicyclic) bond motifs is 1. The molecule has 1 N–H and O–H groups in total. The summed E-state index contributed by atoms with van der Waals surface area (Å²) < 4.78 is 29.7. The van der Waals surface area contributed by atoms with E-state index in [9.17, 15) is 28.0 Å². The molecule has 2 fully saturated rings. The predicted octanol–water partition coefficient (Wildman–Crippen LogP) is 2.17. The van der Waals surface area contributed by atoms with Crippen LogP contribution in [0.1, 0.15) is 59.2 Å². The Balaban J connectivity index is 1.37. The van der Waals surface area contributed by atoms with Gasteiger partial charge in [-0.15, -0.1) is 5.10 Å². The number of nitrogens with zero attached hydrogens (tertiary/aromatic N) is 4. The molecule has 5 rings (SSSR count). The lowest BCUT2D eigenvalue weighted by atomic mass is 9.85. The molecule has 3 heterocycles. The monoisotopic (exact) mass is 457 g/mol. The fourth-order valence-corrected chi connectivity index (χ4v) is 4.77. The molecule has 33 heavy (non-hydrogen) atoms. The van der Waals surface area contributed by atoms with Crippen LogP contribution in [0.2, 0.25) is 0 Å². The van der Waals surface area contributed by atoms with Crippen molar-refractivity contribution >= 4 is 23.6 Å². The van der Waals surface area contributed by atoms with Gasteiger partial charge in [0, 0.05) is 24.3 Å². The van der Waals surface area contributed by atoms with Crippen molar-refractivity contribution in [3.05, 3.63) is 35.5 Å². The molecule has 9 nitrogen and oxygen atoms in total. The first-order valence-corrected chi connectivity index (χ1v) is 10.9. The van der Waals surface area contributed by atoms with E-state index in [1.165, 1.54) is 16.8 Å². The van der Waals surface area contributed by atoms with Crippen molar-refractivity contribution < 1.29 is 28.0 Å². The molecule has 1 saturated heterocycles. The smallest absolute Gasteiger partial charge is 0.262 e. The fraction of sp³-hybridized carbons (Fsp3) is 0.455. The Labute approximate surface area is 187 Å². The molecule has 11 heteroatoms. The highest BCUT2D eigenvalue weighted by Gasteiger charge is 2.45. The third-order valence-electron chi connectivity index (χ3n) is 6.59. The van der Waals surface area contributed by atoms with Gasteiger partial charge in [-0.3, -0.25) is 34.1 Å². The van der Waals surface area contributed by atoms with Crippen LogP contribution < -0.4 is 5.32 Å². The average molecular weight is 457 g/mol. The molecular formula is C22H21F2N5O4. The van der Waals surface area contributed by atoms with Crippen molar-refractivity contribution in [2.45, 2.75) is 57.0 Å². The number of carbonyl (C=O) groups excluding carboxylic acids is 4. The standard InChI is InChI=1S/C22H21F2N5O4/c23-22(24)8-2-1-3-13(22)10-28-11-16(26-27-28)12-4-5-14-15(9-12)21(33)29(20(14)32)17-6-7-18(30)25-19(17)31/h4-5,9,11,13,17H,1-3,6-8,10H2,(H,25,30,31). The normalized spacial score (nSPS) is 24.7. The number of nitrogens with one attached hydrogen (secondary N) is 1. The van der Waals surface area contributed by atoms with E-state index in [2.05, 4.69) is 15.6 Å². The van der Waals surface area contributed by atoms with Gasteiger partial charge in [-0.05, 0) is 31.4 Å². The zero-order valence-corrected chi connectivity index (χ0v) is 17.6. The summed E-state index contributed by atoms with van der Waals surface area (Å²) in [6.45, 7) is 0.0473. The molecule has 2 atom stereocenters. The minimum Gasteiger partial charge on any atom is -0.295 e. The molecule has 2 aliphatic heterocycles. The Morgan fingerprint density at radius 1 is 1.06 bits per heavy atom. The fourth-order valence-electron chi connectivity index (χ4n) is 4.77. The molecule has 1 saturated carbocycles. The van der Waals surface area contributed by atoms with Crippen molar-refractivity contribution in [3.63, 3.8) is 0 Å². The number of imide groups is 2. The highest BCUT2D eigenvalue weighted by atomic mass is 19.3. The number of amides is 4. The van der Waals surface area contributed by atoms with Gasteiger partial charge in [-0.25, -0.2) is 8.78 Å². The first-order valence-electron chi connectivity index (χ1n) is 10.9. The van der Waals surface area contributed by atoms with Gasteiger partial charge in [-0.1, -0.05) is 17.7 Å². The van der Waals surface area contributed by atoms with Gasteiger partial charge in [0.15, 0.2) is 0 Å². The Morgan fingerprint density at radius 2 is 1.85 bits per heavy atom. The van der Waals surface area contributed by atoms with E-state index < -0.39 is 41.5 Å². The zero-order chi connectivity index (χ0) is 23.3. The maximum absolute atomic E-state index is 14.2. The van der Waals surface area contributed by atoms with Crippen LogP contribution in [0, 0.1) is 5.92 Å². The lowest BCUT2D eigenvalue weighted by molar-refractivity contribution is -0.136. The van der Waals surface area contributed by atoms with Crippen LogP contribution in [0.4, 0.5) is 8.78 Å². The van der Waals surface area contributed by atoms with Gasteiger partial charge in [0.05, 0.1) is 23.9 Å². The van der Waals surface area contributed by atoms with E-state index in [1.807, 2.05) is 0 Å². The highest BCUT2D eigenvalue weighted by Crippen LogP contribution is 2.39. The summed E-state index contributed by atoms with van der Waals surface area (Å²) in [5.74, 6) is -5.88. The topological polar surface area (TPSA) is 114 Å². The van der Waals surface area contributed by atoms with E-state index in [-0.39, 0.29) is 36.9 Å². The molecule has 172 valence electrons. The molecule has 1 aromatic heterocycles. The van der Waals surface area contributed by atoms with E-state index in [0.29, 0.717) is 24.1 Å². The number of hydrogen-bond donors (Lipinski definition) is 1. The van der Waals surface area contributed by atoms with Crippen molar-refractivity contribution in [1.29, 1.82) is 0 Å². The molecule has 2 unspecified atom stereocenters. The van der Waals surface area contributed by atoms with Crippen LogP contribution in [0.5, 0.6) is 0 Å². The second kappa shape index (κ2) is 7.82. The molecule has 0 bridgehead atoms. The van der Waals surface area contributed by atoms with Crippen LogP contribution >= 0.6 is 0 Å². The summed E-state index contributed by atoms with van der Waals surface area (Å²) in [5, 5.41) is 10.2. The molecule has 4 amide bonds. The van der Waals surface area contributed by atoms with Gasteiger partial charge in [0.2, 0.25) is 11.8 Å². The third-order valence-corrected chi connectivity index (χ3v) is 6.59. The number of benzene rings is 1. The summed E-state index contributed by atoms with van der Waals surface area (Å²) in [6, 6.07) is 3.52. The predicted molar refractivity (Wildman–Crippen MR) is 109 cm³/mol. The minimum absolute atomic E-state index is 0.0399. The van der Waals surface area contributed by atoms with Crippen LogP contribution in [-0.4, -0.2) is 55.5 Å². The molecular weight excluding hydrogens is 436 g/mol. The summed E-state index contributed by atoms with van der Waals surface area (Å²) in [7, 11) is 0. The summed E-state index contributed by atoms with van der Waals surface area (Å²) in [5.41, 5.74) is 1.16. The number of halogens is 2. The van der Waals surface area contributed by atoms with Gasteiger partial charge in [0.25, 0.3) is 17.7 Å². The Hall–Kier alpha value is -3.50. The third kappa shape index (κ3) is 3.70. The SMILES string of the molecule is O=C1CCC(N2C(=O)c3ccc(-c4cn(CC5CCCCC5(F)F)nn4)cc3C2=O)C(=O)N1. The Morgan fingerprint density at radius 3 is 2.61 bits per heavy atom. The van der Waals surface area contributed by atoms with Gasteiger partial charge < -0.3 is 0 Å². The van der Waals surface area contributed by atoms with Crippen LogP contribution in [0.3, 0.4) is 0 Å². The summed E-state index contributed by atoms with van der Waals surface area (Å²) in [4.78, 5) is 50.2. The van der Waals surface area contributed by atoms with E-state index in [0.717, 1.165) is 11.3 Å². The maximum Gasteiger partial charge on any atom is 0.262 e. The van der Waals surface area contributed by atoms with Crippen LogP contribution in [0.15, 0.2) is 24.4 Å². The molecule has 1 aromatic carbocycles. The molecule has 3 aliphatic rings. The van der Waals surface area contributed by atoms with Crippen molar-refractivity contribution in [1.82, 2.24) is 25.2 Å². The number of hydrogen-bond acceptors (Lipinski definition) is 6. The first kappa shape index (κ1) is 21.4. The second-order valence-electron chi connectivity index (χ2n) is 8.74. The largest absolute Gasteiger partial charge is 0.295 e. The zero-order valence-electron chi connectivity index (χ0n) is 17.6. The lowest BCUT2D eigenvalue weighted by Crippen LogP contribution is -2.54. The summed E-state index contributed by atoms with van der Waals surface area (Å²) >= 11 is 0. The summed E-state index contributed by atoms with van der Waals surface area (Å²) in [6.07, 6.45) is 3.24. The van der Waals surface area contributed by atoms with Crippen LogP contribution in [0.25, 0.3) is 11.3 Å². The lowest BCUT2D eigenvalue weighted by Gasteiger charge is -2.30. The van der Waals surface area contributed by atoms with Gasteiger partial charge in [-0.2, -0.15) is 0 Å². The van der Waals surface area contributed by atoms with E-state index >= 15 is 0 Å². The quantitative estimate of drug-likeness (QED) is 0.704. The number of rotatable bonds is 4. The molecule has 2 aromatic rings. The van der Waals surface area contributed by atoms with Gasteiger partial charge >= 0.3 is 0 Å². The van der Waals surface area contributed by atoms with Crippen molar-refractivity contribution in [2.75, 3.05) is 0 Å². The Bertz CT molecular complexity index is 1180. The average Bonchev–Trinajstić information content (AvgIpc) is 3.33. The first-order chi connectivity index (χ1) is 15.7. The molecule has 0 spiro atoms. The van der Waals surface area contributed by atoms with E-state index in [4.69, 9.17) is 0 Å². The Kier molecular flexibility index (Phi) is 5.06. The molecule has 1 aliphatic carbocycles. The maximum atomic E-state index is 14.2. The van der Waals surface area contributed by atoms with E-state index in [1.54, 1.807) is 12.3 Å². The second-order valence-corrected chi connectivity index (χ2v) is 8.74. The number of carbonyl (C=O) groups is 4. The van der Waals surface area contributed by atoms with Crippen molar-refractivity contribution in [3.8, 4) is 11.3 Å². The molecule has 0 radical (unpaired) electrons. The highest BCUT2D eigenvalue weighted by molar-refractivity contribution is 6.23. The van der Waals surface area contributed by atoms with Gasteiger partial charge in [0.1, 0.15) is 11.7 Å². The number of piperidine rings is 1.